The van der Waals surface area contributed by atoms with Crippen LogP contribution >= 0.6 is 0 Å². The molecule has 0 spiro atoms. The third-order valence-electron chi connectivity index (χ3n) is 1.99. The molecule has 1 rings (SSSR count). The van der Waals surface area contributed by atoms with Crippen molar-refractivity contribution in [2.24, 2.45) is 16.6 Å². The first-order valence-corrected chi connectivity index (χ1v) is 4.17. The van der Waals surface area contributed by atoms with Crippen molar-refractivity contribution in [1.82, 2.24) is 0 Å². The number of amides is 2. The van der Waals surface area contributed by atoms with Crippen LogP contribution < -0.4 is 16.4 Å². The minimum Gasteiger partial charge on any atom is -0.409 e. The Bertz CT molecular complexity index is 386. The van der Waals surface area contributed by atoms with E-state index < -0.39 is 6.03 Å². The van der Waals surface area contributed by atoms with E-state index in [1.165, 1.54) is 4.90 Å². The van der Waals surface area contributed by atoms with Crippen LogP contribution in [0.3, 0.4) is 0 Å². The van der Waals surface area contributed by atoms with Crippen molar-refractivity contribution in [2.45, 2.75) is 0 Å². The fourth-order valence-electron chi connectivity index (χ4n) is 1.04. The first kappa shape index (κ1) is 10.8. The third-order valence-corrected chi connectivity index (χ3v) is 1.99. The number of rotatable bonds is 2. The molecular formula is C9H12N4O2. The number of urea groups is 1. The number of oxime groups is 1. The zero-order chi connectivity index (χ0) is 11.4. The molecule has 0 radical (unpaired) electrons. The summed E-state index contributed by atoms with van der Waals surface area (Å²) in [4.78, 5) is 12.1. The summed E-state index contributed by atoms with van der Waals surface area (Å²) in [6.07, 6.45) is 0. The van der Waals surface area contributed by atoms with Crippen LogP contribution in [-0.2, 0) is 0 Å². The molecule has 1 aromatic carbocycles. The molecule has 0 atom stereocenters. The smallest absolute Gasteiger partial charge is 0.318 e. The van der Waals surface area contributed by atoms with Gasteiger partial charge in [-0.25, -0.2) is 4.79 Å². The van der Waals surface area contributed by atoms with Crippen LogP contribution in [-0.4, -0.2) is 24.1 Å². The van der Waals surface area contributed by atoms with Gasteiger partial charge in [0.15, 0.2) is 5.84 Å². The molecule has 15 heavy (non-hydrogen) atoms. The topological polar surface area (TPSA) is 105 Å². The first-order valence-electron chi connectivity index (χ1n) is 4.17. The molecule has 0 aromatic heterocycles. The number of anilines is 1. The molecular weight excluding hydrogens is 196 g/mol. The van der Waals surface area contributed by atoms with E-state index in [0.717, 1.165) is 0 Å². The van der Waals surface area contributed by atoms with E-state index in [-0.39, 0.29) is 5.84 Å². The lowest BCUT2D eigenvalue weighted by Gasteiger charge is -2.14. The van der Waals surface area contributed by atoms with Crippen LogP contribution in [0.4, 0.5) is 10.5 Å². The van der Waals surface area contributed by atoms with Crippen molar-refractivity contribution in [1.29, 1.82) is 0 Å². The van der Waals surface area contributed by atoms with Crippen LogP contribution in [0.15, 0.2) is 29.4 Å². The highest BCUT2D eigenvalue weighted by molar-refractivity contribution is 5.98. The van der Waals surface area contributed by atoms with Crippen molar-refractivity contribution in [3.05, 3.63) is 29.8 Å². The van der Waals surface area contributed by atoms with Gasteiger partial charge >= 0.3 is 6.03 Å². The predicted octanol–water partition coefficient (Wildman–Crippen LogP) is 0.296. The van der Waals surface area contributed by atoms with Crippen LogP contribution in [0.2, 0.25) is 0 Å². The van der Waals surface area contributed by atoms with Gasteiger partial charge < -0.3 is 16.7 Å². The Morgan fingerprint density at radius 2 is 1.87 bits per heavy atom. The van der Waals surface area contributed by atoms with Crippen molar-refractivity contribution >= 4 is 17.6 Å². The Hall–Kier alpha value is -2.24. The summed E-state index contributed by atoms with van der Waals surface area (Å²) in [5.41, 5.74) is 11.7. The number of hydrogen-bond donors (Lipinski definition) is 3. The van der Waals surface area contributed by atoms with Crippen molar-refractivity contribution in [3.63, 3.8) is 0 Å². The van der Waals surface area contributed by atoms with Gasteiger partial charge in [0.25, 0.3) is 0 Å². The van der Waals surface area contributed by atoms with Crippen molar-refractivity contribution in [2.75, 3.05) is 11.9 Å². The van der Waals surface area contributed by atoms with Crippen LogP contribution in [0, 0.1) is 0 Å². The van der Waals surface area contributed by atoms with Gasteiger partial charge in [-0.2, -0.15) is 0 Å². The molecule has 6 heteroatoms. The number of primary amides is 1. The lowest BCUT2D eigenvalue weighted by Crippen LogP contribution is -2.31. The molecule has 0 bridgehead atoms. The van der Waals surface area contributed by atoms with E-state index >= 15 is 0 Å². The SMILES string of the molecule is CN(C(N)=O)c1ccc(C(N)=NO)cc1. The summed E-state index contributed by atoms with van der Waals surface area (Å²) >= 11 is 0. The summed E-state index contributed by atoms with van der Waals surface area (Å²) in [6, 6.07) is 6.01. The quantitative estimate of drug-likeness (QED) is 0.281. The lowest BCUT2D eigenvalue weighted by molar-refractivity contribution is 0.255. The molecule has 0 aliphatic heterocycles. The normalized spacial score (nSPS) is 11.1. The van der Waals surface area contributed by atoms with E-state index in [1.54, 1.807) is 31.3 Å². The number of carbonyl (C=O) groups excluding carboxylic acids is 1. The summed E-state index contributed by atoms with van der Waals surface area (Å²) in [6.45, 7) is 0. The second kappa shape index (κ2) is 4.32. The maximum atomic E-state index is 10.8. The lowest BCUT2D eigenvalue weighted by atomic mass is 10.2. The van der Waals surface area contributed by atoms with Crippen molar-refractivity contribution < 1.29 is 10.0 Å². The monoisotopic (exact) mass is 208 g/mol. The Labute approximate surface area is 86.8 Å². The molecule has 0 saturated carbocycles. The number of hydrogen-bond acceptors (Lipinski definition) is 3. The minimum atomic E-state index is -0.549. The Balaban J connectivity index is 2.95. The molecule has 80 valence electrons. The predicted molar refractivity (Wildman–Crippen MR) is 56.9 cm³/mol. The van der Waals surface area contributed by atoms with Gasteiger partial charge in [-0.15, -0.1) is 0 Å². The summed E-state index contributed by atoms with van der Waals surface area (Å²) in [5.74, 6) is 0.0169. The van der Waals surface area contributed by atoms with E-state index in [0.29, 0.717) is 11.3 Å². The highest BCUT2D eigenvalue weighted by atomic mass is 16.4. The molecule has 0 aliphatic carbocycles. The van der Waals surface area contributed by atoms with Gasteiger partial charge in [-0.1, -0.05) is 5.16 Å². The average molecular weight is 208 g/mol. The fourth-order valence-corrected chi connectivity index (χ4v) is 1.04. The van der Waals surface area contributed by atoms with Gasteiger partial charge in [-0.05, 0) is 24.3 Å². The van der Waals surface area contributed by atoms with Crippen molar-refractivity contribution in [3.8, 4) is 0 Å². The Morgan fingerprint density at radius 3 is 2.27 bits per heavy atom. The largest absolute Gasteiger partial charge is 0.409 e. The highest BCUT2D eigenvalue weighted by Crippen LogP contribution is 2.13. The molecule has 0 fully saturated rings. The molecule has 6 nitrogen and oxygen atoms in total. The minimum absolute atomic E-state index is 0.0169. The Morgan fingerprint density at radius 1 is 1.33 bits per heavy atom. The number of benzene rings is 1. The zero-order valence-electron chi connectivity index (χ0n) is 8.21. The maximum absolute atomic E-state index is 10.8. The van der Waals surface area contributed by atoms with Gasteiger partial charge in [0.05, 0.1) is 0 Å². The molecule has 0 aliphatic rings. The molecule has 2 amide bonds. The average Bonchev–Trinajstić information content (AvgIpc) is 2.27. The summed E-state index contributed by atoms with van der Waals surface area (Å²) in [7, 11) is 1.56. The van der Waals surface area contributed by atoms with Gasteiger partial charge in [-0.3, -0.25) is 4.90 Å². The molecule has 5 N–H and O–H groups in total. The highest BCUT2D eigenvalue weighted by Gasteiger charge is 2.06. The Kier molecular flexibility index (Phi) is 3.12. The van der Waals surface area contributed by atoms with Crippen LogP contribution in [0.1, 0.15) is 5.56 Å². The van der Waals surface area contributed by atoms with E-state index in [2.05, 4.69) is 5.16 Å². The summed E-state index contributed by atoms with van der Waals surface area (Å²) in [5, 5.41) is 11.3. The molecule has 0 unspecified atom stereocenters. The van der Waals surface area contributed by atoms with Gasteiger partial charge in [0, 0.05) is 18.3 Å². The number of nitrogens with zero attached hydrogens (tertiary/aromatic N) is 2. The molecule has 1 aromatic rings. The zero-order valence-corrected chi connectivity index (χ0v) is 8.21. The third kappa shape index (κ3) is 2.37. The number of amidine groups is 1. The van der Waals surface area contributed by atoms with Crippen LogP contribution in [0.5, 0.6) is 0 Å². The van der Waals surface area contributed by atoms with Gasteiger partial charge in [0.1, 0.15) is 0 Å². The second-order valence-electron chi connectivity index (χ2n) is 2.93. The maximum Gasteiger partial charge on any atom is 0.318 e. The molecule has 0 saturated heterocycles. The number of carbonyl (C=O) groups is 1. The van der Waals surface area contributed by atoms with E-state index in [9.17, 15) is 4.79 Å². The number of nitrogens with two attached hydrogens (primary N) is 2. The second-order valence-corrected chi connectivity index (χ2v) is 2.93. The summed E-state index contributed by atoms with van der Waals surface area (Å²) < 4.78 is 0. The van der Waals surface area contributed by atoms with E-state index in [4.69, 9.17) is 16.7 Å². The fraction of sp³-hybridized carbons (Fsp3) is 0.111. The standard InChI is InChI=1S/C9H12N4O2/c1-13(9(11)14)7-4-2-6(3-5-7)8(10)12-15/h2-5,15H,1H3,(H2,10,12)(H2,11,14). The molecule has 0 heterocycles. The van der Waals surface area contributed by atoms with Gasteiger partial charge in [0.2, 0.25) is 0 Å². The van der Waals surface area contributed by atoms with E-state index in [1.807, 2.05) is 0 Å². The van der Waals surface area contributed by atoms with Crippen LogP contribution in [0.25, 0.3) is 0 Å². The first-order chi connectivity index (χ1) is 7.06.